The number of halogens is 1. The van der Waals surface area contributed by atoms with Crippen LogP contribution >= 0.6 is 15.9 Å². The Labute approximate surface area is 139 Å². The molecule has 0 saturated heterocycles. The number of allylic oxidation sites excluding steroid dienone is 3. The first-order valence-electron chi connectivity index (χ1n) is 7.29. The van der Waals surface area contributed by atoms with Crippen molar-refractivity contribution in [2.75, 3.05) is 11.9 Å². The maximum atomic E-state index is 4.66. The maximum absolute atomic E-state index is 4.66. The third-order valence-electron chi connectivity index (χ3n) is 3.28. The summed E-state index contributed by atoms with van der Waals surface area (Å²) in [5, 5.41) is 7.79. The lowest BCUT2D eigenvalue weighted by molar-refractivity contribution is 0.809. The molecule has 0 atom stereocenters. The van der Waals surface area contributed by atoms with Crippen LogP contribution in [0.4, 0.5) is 5.82 Å². The smallest absolute Gasteiger partial charge is 0.171 e. The third-order valence-corrected chi connectivity index (χ3v) is 3.84. The van der Waals surface area contributed by atoms with Crippen LogP contribution < -0.4 is 5.32 Å². The molecule has 2 rings (SSSR count). The van der Waals surface area contributed by atoms with Gasteiger partial charge in [-0.25, -0.2) is 4.98 Å². The number of nitrogens with zero attached hydrogens (tertiary/aromatic N) is 3. The minimum atomic E-state index is 0.352. The van der Waals surface area contributed by atoms with Gasteiger partial charge in [0.05, 0.1) is 10.7 Å². The minimum absolute atomic E-state index is 0.352. The van der Waals surface area contributed by atoms with Gasteiger partial charge in [-0.1, -0.05) is 44.7 Å². The first kappa shape index (κ1) is 16.5. The number of rotatable bonds is 6. The topological polar surface area (TPSA) is 42.2 Å². The molecule has 22 heavy (non-hydrogen) atoms. The summed E-state index contributed by atoms with van der Waals surface area (Å²) in [7, 11) is 0. The van der Waals surface area contributed by atoms with E-state index in [2.05, 4.69) is 51.8 Å². The zero-order chi connectivity index (χ0) is 16.1. The summed E-state index contributed by atoms with van der Waals surface area (Å²) in [6.45, 7) is 10.8. The van der Waals surface area contributed by atoms with Gasteiger partial charge in [0, 0.05) is 18.3 Å². The molecule has 0 unspecified atom stereocenters. The summed E-state index contributed by atoms with van der Waals surface area (Å²) >= 11 is 3.50. The molecule has 1 N–H and O–H groups in total. The van der Waals surface area contributed by atoms with Crippen molar-refractivity contribution in [1.82, 2.24) is 14.6 Å². The zero-order valence-electron chi connectivity index (χ0n) is 13.2. The van der Waals surface area contributed by atoms with Crippen molar-refractivity contribution >= 4 is 27.4 Å². The van der Waals surface area contributed by atoms with Crippen LogP contribution in [0.5, 0.6) is 0 Å². The van der Waals surface area contributed by atoms with Crippen LogP contribution in [-0.2, 0) is 0 Å². The van der Waals surface area contributed by atoms with Crippen LogP contribution in [0.1, 0.15) is 32.4 Å². The Kier molecular flexibility index (Phi) is 5.55. The van der Waals surface area contributed by atoms with Crippen molar-refractivity contribution in [3.8, 4) is 0 Å². The van der Waals surface area contributed by atoms with Gasteiger partial charge in [0.25, 0.3) is 0 Å². The van der Waals surface area contributed by atoms with E-state index in [9.17, 15) is 0 Å². The number of nitrogens with one attached hydrogen (secondary N) is 1. The van der Waals surface area contributed by atoms with Crippen molar-refractivity contribution in [3.63, 3.8) is 0 Å². The molecule has 0 radical (unpaired) electrons. The lowest BCUT2D eigenvalue weighted by Crippen LogP contribution is -2.10. The lowest BCUT2D eigenvalue weighted by atomic mass is 10.1. The number of hydrogen-bond donors (Lipinski definition) is 1. The number of anilines is 1. The van der Waals surface area contributed by atoms with Crippen LogP contribution in [0.15, 0.2) is 53.2 Å². The molecule has 2 heterocycles. The summed E-state index contributed by atoms with van der Waals surface area (Å²) in [5.74, 6) is 1.28. The van der Waals surface area contributed by atoms with Crippen molar-refractivity contribution < 1.29 is 0 Å². The lowest BCUT2D eigenvalue weighted by Gasteiger charge is -2.12. The summed E-state index contributed by atoms with van der Waals surface area (Å²) in [5.41, 5.74) is 2.97. The van der Waals surface area contributed by atoms with E-state index in [1.54, 1.807) is 6.20 Å². The second-order valence-electron chi connectivity index (χ2n) is 5.27. The van der Waals surface area contributed by atoms with E-state index < -0.39 is 0 Å². The molecular weight excluding hydrogens is 340 g/mol. The Morgan fingerprint density at radius 3 is 2.91 bits per heavy atom. The number of fused-ring (bicyclic) bond motifs is 1. The van der Waals surface area contributed by atoms with E-state index in [1.807, 2.05) is 41.8 Å². The van der Waals surface area contributed by atoms with E-state index in [1.165, 1.54) is 0 Å². The highest BCUT2D eigenvalue weighted by Crippen LogP contribution is 2.23. The van der Waals surface area contributed by atoms with Gasteiger partial charge in [-0.05, 0) is 34.3 Å². The molecule has 0 aliphatic carbocycles. The van der Waals surface area contributed by atoms with Crippen LogP contribution in [-0.4, -0.2) is 21.1 Å². The predicted octanol–water partition coefficient (Wildman–Crippen LogP) is 4.72. The quantitative estimate of drug-likeness (QED) is 0.758. The number of aromatic nitrogens is 3. The summed E-state index contributed by atoms with van der Waals surface area (Å²) < 4.78 is 2.71. The van der Waals surface area contributed by atoms with E-state index >= 15 is 0 Å². The third kappa shape index (κ3) is 3.65. The Bertz CT molecular complexity index is 726. The molecule has 2 aromatic heterocycles. The van der Waals surface area contributed by atoms with Crippen LogP contribution in [0.3, 0.4) is 0 Å². The average Bonchev–Trinajstić information content (AvgIpc) is 2.89. The maximum Gasteiger partial charge on any atom is 0.171 e. The molecule has 0 bridgehead atoms. The molecule has 0 aliphatic rings. The molecule has 0 amide bonds. The van der Waals surface area contributed by atoms with E-state index in [-0.39, 0.29) is 0 Å². The molecule has 2 aromatic rings. The number of hydrogen-bond acceptors (Lipinski definition) is 3. The van der Waals surface area contributed by atoms with E-state index in [0.717, 1.165) is 27.2 Å². The van der Waals surface area contributed by atoms with Crippen molar-refractivity contribution in [2.24, 2.45) is 0 Å². The van der Waals surface area contributed by atoms with Crippen molar-refractivity contribution in [2.45, 2.75) is 26.7 Å². The van der Waals surface area contributed by atoms with Crippen LogP contribution in [0, 0.1) is 0 Å². The SMILES string of the molecule is C=C/C(=C\C=C/C)CNc1cc(C(C)C)nc2c(Br)cnn12. The van der Waals surface area contributed by atoms with Gasteiger partial charge in [0.1, 0.15) is 5.82 Å². The van der Waals surface area contributed by atoms with Crippen LogP contribution in [0.25, 0.3) is 5.65 Å². The summed E-state index contributed by atoms with van der Waals surface area (Å²) in [6.07, 6.45) is 9.66. The van der Waals surface area contributed by atoms with Gasteiger partial charge < -0.3 is 5.32 Å². The molecule has 5 heteroatoms. The summed E-state index contributed by atoms with van der Waals surface area (Å²) in [4.78, 5) is 4.66. The zero-order valence-corrected chi connectivity index (χ0v) is 14.8. The highest BCUT2D eigenvalue weighted by Gasteiger charge is 2.11. The van der Waals surface area contributed by atoms with Gasteiger partial charge in [0.15, 0.2) is 5.65 Å². The molecule has 0 aliphatic heterocycles. The molecule has 0 saturated carbocycles. The highest BCUT2D eigenvalue weighted by atomic mass is 79.9. The van der Waals surface area contributed by atoms with Crippen molar-refractivity contribution in [1.29, 1.82) is 0 Å². The Hall–Kier alpha value is -1.88. The highest BCUT2D eigenvalue weighted by molar-refractivity contribution is 9.10. The van der Waals surface area contributed by atoms with Gasteiger partial charge in [-0.15, -0.1) is 0 Å². The molecule has 0 aromatic carbocycles. The van der Waals surface area contributed by atoms with E-state index in [0.29, 0.717) is 12.5 Å². The minimum Gasteiger partial charge on any atom is -0.366 e. The fourth-order valence-corrected chi connectivity index (χ4v) is 2.34. The second-order valence-corrected chi connectivity index (χ2v) is 6.13. The fourth-order valence-electron chi connectivity index (χ4n) is 1.99. The van der Waals surface area contributed by atoms with Gasteiger partial charge in [0.2, 0.25) is 0 Å². The van der Waals surface area contributed by atoms with Gasteiger partial charge in [-0.3, -0.25) is 0 Å². The van der Waals surface area contributed by atoms with Gasteiger partial charge in [-0.2, -0.15) is 9.61 Å². The van der Waals surface area contributed by atoms with Gasteiger partial charge >= 0.3 is 0 Å². The van der Waals surface area contributed by atoms with Crippen molar-refractivity contribution in [3.05, 3.63) is 58.9 Å². The molecule has 4 nitrogen and oxygen atoms in total. The Morgan fingerprint density at radius 1 is 1.50 bits per heavy atom. The largest absolute Gasteiger partial charge is 0.366 e. The fraction of sp³-hybridized carbons (Fsp3) is 0.294. The molecule has 0 fully saturated rings. The van der Waals surface area contributed by atoms with E-state index in [4.69, 9.17) is 0 Å². The monoisotopic (exact) mass is 360 g/mol. The second kappa shape index (κ2) is 7.40. The first-order valence-corrected chi connectivity index (χ1v) is 8.08. The summed E-state index contributed by atoms with van der Waals surface area (Å²) in [6, 6.07) is 2.05. The average molecular weight is 361 g/mol. The predicted molar refractivity (Wildman–Crippen MR) is 96.4 cm³/mol. The molecular formula is C17H21BrN4. The Balaban J connectivity index is 2.35. The Morgan fingerprint density at radius 2 is 2.27 bits per heavy atom. The van der Waals surface area contributed by atoms with Crippen LogP contribution in [0.2, 0.25) is 0 Å². The standard InChI is InChI=1S/C17H21BrN4/c1-5-7-8-13(6-2)10-19-16-9-15(12(3)4)21-17-14(18)11-20-22(16)17/h5-9,11-12,19H,2,10H2,1,3-4H3/b7-5-,13-8+. The first-order chi connectivity index (χ1) is 10.6. The normalized spacial score (nSPS) is 12.5. The molecule has 0 spiro atoms. The molecule has 116 valence electrons.